The molecule has 1 aromatic carbocycles. The molecule has 1 fully saturated rings. The molecule has 194 valence electrons. The average molecular weight is 523 g/mol. The Labute approximate surface area is 206 Å². The SMILES string of the molecule is O=C1c2cccc(C(F)(F)F)c2CN1c1ccc(N[C@H]2CC[C@H](Nc3ncc(C(F)(F)F)nn3)C2)nc1. The van der Waals surface area contributed by atoms with Gasteiger partial charge in [0, 0.05) is 17.6 Å². The quantitative estimate of drug-likeness (QED) is 0.459. The summed E-state index contributed by atoms with van der Waals surface area (Å²) in [5.74, 6) is 0.00126. The molecule has 0 saturated heterocycles. The number of fused-ring (bicyclic) bond motifs is 1. The van der Waals surface area contributed by atoms with Crippen molar-refractivity contribution in [2.24, 2.45) is 0 Å². The standard InChI is InChI=1S/C23H19F6N7O/c24-22(25,26)17-3-1-2-15-16(17)11-36(20(15)37)14-6-7-19(30-9-14)32-12-4-5-13(8-12)33-21-31-10-18(34-35-21)23(27,28)29/h1-3,6-7,9-10,12-13H,4-5,8,11H2,(H,30,32)(H,31,33,35)/t12-,13-/m0/s1. The van der Waals surface area contributed by atoms with Gasteiger partial charge < -0.3 is 15.5 Å². The monoisotopic (exact) mass is 523 g/mol. The Hall–Kier alpha value is -3.97. The van der Waals surface area contributed by atoms with Gasteiger partial charge in [-0.3, -0.25) is 4.79 Å². The molecule has 3 aromatic rings. The lowest BCUT2D eigenvalue weighted by molar-refractivity contribution is -0.142. The first-order valence-electron chi connectivity index (χ1n) is 11.3. The van der Waals surface area contributed by atoms with Gasteiger partial charge in [-0.15, -0.1) is 10.2 Å². The Kier molecular flexibility index (Phi) is 6.12. The van der Waals surface area contributed by atoms with E-state index in [1.54, 1.807) is 12.1 Å². The summed E-state index contributed by atoms with van der Waals surface area (Å²) in [7, 11) is 0. The zero-order chi connectivity index (χ0) is 26.4. The van der Waals surface area contributed by atoms with Crippen molar-refractivity contribution >= 4 is 23.4 Å². The minimum absolute atomic E-state index is 0.00488. The summed E-state index contributed by atoms with van der Waals surface area (Å²) in [4.78, 5) is 22.0. The van der Waals surface area contributed by atoms with E-state index < -0.39 is 29.5 Å². The van der Waals surface area contributed by atoms with Crippen molar-refractivity contribution in [2.45, 2.75) is 50.2 Å². The van der Waals surface area contributed by atoms with Crippen LogP contribution in [-0.4, -0.2) is 38.2 Å². The number of nitrogens with zero attached hydrogens (tertiary/aromatic N) is 5. The number of hydrogen-bond acceptors (Lipinski definition) is 7. The van der Waals surface area contributed by atoms with Crippen LogP contribution in [-0.2, 0) is 18.9 Å². The average Bonchev–Trinajstić information content (AvgIpc) is 3.42. The van der Waals surface area contributed by atoms with Crippen LogP contribution in [0.3, 0.4) is 0 Å². The van der Waals surface area contributed by atoms with Gasteiger partial charge in [-0.25, -0.2) is 9.97 Å². The molecule has 2 aliphatic rings. The maximum absolute atomic E-state index is 13.3. The second-order valence-electron chi connectivity index (χ2n) is 8.78. The number of carbonyl (C=O) groups is 1. The highest BCUT2D eigenvalue weighted by Gasteiger charge is 2.40. The van der Waals surface area contributed by atoms with Gasteiger partial charge in [0.25, 0.3) is 5.91 Å². The van der Waals surface area contributed by atoms with E-state index in [0.29, 0.717) is 30.5 Å². The van der Waals surface area contributed by atoms with Gasteiger partial charge in [-0.1, -0.05) is 6.07 Å². The normalized spacial score (nSPS) is 19.7. The van der Waals surface area contributed by atoms with Crippen LogP contribution in [0, 0.1) is 0 Å². The number of aromatic nitrogens is 4. The maximum atomic E-state index is 13.3. The Balaban J connectivity index is 1.19. The first kappa shape index (κ1) is 24.7. The summed E-state index contributed by atoms with van der Waals surface area (Å²) < 4.78 is 77.8. The summed E-state index contributed by atoms with van der Waals surface area (Å²) in [6, 6.07) is 6.73. The molecule has 8 nitrogen and oxygen atoms in total. The van der Waals surface area contributed by atoms with Gasteiger partial charge in [0.05, 0.1) is 30.2 Å². The van der Waals surface area contributed by atoms with E-state index in [9.17, 15) is 31.1 Å². The molecule has 2 N–H and O–H groups in total. The second-order valence-corrected chi connectivity index (χ2v) is 8.78. The van der Waals surface area contributed by atoms with Crippen LogP contribution in [0.25, 0.3) is 0 Å². The lowest BCUT2D eigenvalue weighted by atomic mass is 10.0. The molecule has 14 heteroatoms. The molecule has 3 heterocycles. The largest absolute Gasteiger partial charge is 0.436 e. The van der Waals surface area contributed by atoms with E-state index in [4.69, 9.17) is 0 Å². The van der Waals surface area contributed by atoms with Gasteiger partial charge in [0.1, 0.15) is 5.82 Å². The molecule has 1 saturated carbocycles. The number of anilines is 3. The van der Waals surface area contributed by atoms with Crippen LogP contribution in [0.5, 0.6) is 0 Å². The molecule has 1 amide bonds. The number of amides is 1. The molecule has 0 radical (unpaired) electrons. The molecular formula is C23H19F6N7O. The van der Waals surface area contributed by atoms with Gasteiger partial charge in [-0.2, -0.15) is 26.3 Å². The predicted molar refractivity (Wildman–Crippen MR) is 120 cm³/mol. The topological polar surface area (TPSA) is 95.9 Å². The van der Waals surface area contributed by atoms with Crippen LogP contribution in [0.4, 0.5) is 43.8 Å². The zero-order valence-electron chi connectivity index (χ0n) is 18.9. The molecule has 37 heavy (non-hydrogen) atoms. The number of benzene rings is 1. The molecule has 0 unspecified atom stereocenters. The van der Waals surface area contributed by atoms with E-state index in [0.717, 1.165) is 12.5 Å². The number of hydrogen-bond donors (Lipinski definition) is 2. The summed E-state index contributed by atoms with van der Waals surface area (Å²) in [6.45, 7) is -0.199. The zero-order valence-corrected chi connectivity index (χ0v) is 18.9. The molecule has 0 spiro atoms. The van der Waals surface area contributed by atoms with Crippen molar-refractivity contribution in [3.63, 3.8) is 0 Å². The lowest BCUT2D eigenvalue weighted by Crippen LogP contribution is -2.24. The van der Waals surface area contributed by atoms with Crippen molar-refractivity contribution in [3.8, 4) is 0 Å². The number of nitrogens with one attached hydrogen (secondary N) is 2. The van der Waals surface area contributed by atoms with Gasteiger partial charge >= 0.3 is 12.4 Å². The van der Waals surface area contributed by atoms with Gasteiger partial charge in [-0.05, 0) is 49.1 Å². The Morgan fingerprint density at radius 1 is 0.865 bits per heavy atom. The smallest absolute Gasteiger partial charge is 0.367 e. The third kappa shape index (κ3) is 5.13. The Morgan fingerprint density at radius 2 is 1.62 bits per heavy atom. The van der Waals surface area contributed by atoms with Gasteiger partial charge in [0.2, 0.25) is 5.95 Å². The number of halogens is 6. The third-order valence-corrected chi connectivity index (χ3v) is 6.30. The summed E-state index contributed by atoms with van der Waals surface area (Å²) >= 11 is 0. The highest BCUT2D eigenvalue weighted by atomic mass is 19.4. The fourth-order valence-electron chi connectivity index (χ4n) is 4.54. The Morgan fingerprint density at radius 3 is 2.24 bits per heavy atom. The first-order chi connectivity index (χ1) is 17.5. The van der Waals surface area contributed by atoms with E-state index in [2.05, 4.69) is 30.8 Å². The number of pyridine rings is 1. The molecule has 1 aliphatic carbocycles. The number of rotatable bonds is 5. The maximum Gasteiger partial charge on any atom is 0.436 e. The minimum Gasteiger partial charge on any atom is -0.367 e. The van der Waals surface area contributed by atoms with E-state index >= 15 is 0 Å². The summed E-state index contributed by atoms with van der Waals surface area (Å²) in [5.41, 5.74) is -1.65. The molecule has 2 aromatic heterocycles. The second kappa shape index (κ2) is 9.16. The fraction of sp³-hybridized carbons (Fsp3) is 0.348. The van der Waals surface area contributed by atoms with Crippen LogP contribution in [0.2, 0.25) is 0 Å². The van der Waals surface area contributed by atoms with E-state index in [-0.39, 0.29) is 35.7 Å². The molecule has 1 aliphatic heterocycles. The van der Waals surface area contributed by atoms with Crippen molar-refractivity contribution < 1.29 is 31.1 Å². The van der Waals surface area contributed by atoms with E-state index in [1.165, 1.54) is 23.2 Å². The van der Waals surface area contributed by atoms with Crippen LogP contribution < -0.4 is 15.5 Å². The lowest BCUT2D eigenvalue weighted by Gasteiger charge is -2.18. The molecule has 2 atom stereocenters. The Bertz CT molecular complexity index is 1290. The highest BCUT2D eigenvalue weighted by molar-refractivity contribution is 6.10. The minimum atomic E-state index is -4.61. The van der Waals surface area contributed by atoms with Crippen molar-refractivity contribution in [1.29, 1.82) is 0 Å². The van der Waals surface area contributed by atoms with Crippen molar-refractivity contribution in [1.82, 2.24) is 20.2 Å². The first-order valence-corrected chi connectivity index (χ1v) is 11.3. The van der Waals surface area contributed by atoms with E-state index in [1.807, 2.05) is 0 Å². The highest BCUT2D eigenvalue weighted by Crippen LogP contribution is 2.38. The fourth-order valence-corrected chi connectivity index (χ4v) is 4.54. The molecule has 5 rings (SSSR count). The molecular weight excluding hydrogens is 504 g/mol. The van der Waals surface area contributed by atoms with Crippen LogP contribution in [0.15, 0.2) is 42.7 Å². The molecule has 0 bridgehead atoms. The number of alkyl halides is 6. The van der Waals surface area contributed by atoms with Crippen LogP contribution in [0.1, 0.15) is 46.4 Å². The summed E-state index contributed by atoms with van der Waals surface area (Å²) in [5, 5.41) is 12.9. The van der Waals surface area contributed by atoms with Gasteiger partial charge in [0.15, 0.2) is 5.69 Å². The number of carbonyl (C=O) groups excluding carboxylic acids is 1. The van der Waals surface area contributed by atoms with Crippen molar-refractivity contribution in [2.75, 3.05) is 15.5 Å². The summed E-state index contributed by atoms with van der Waals surface area (Å²) in [6.07, 6.45) is -5.05. The van der Waals surface area contributed by atoms with Crippen molar-refractivity contribution in [3.05, 3.63) is 65.1 Å². The van der Waals surface area contributed by atoms with Crippen LogP contribution >= 0.6 is 0 Å². The third-order valence-electron chi connectivity index (χ3n) is 6.30. The predicted octanol–water partition coefficient (Wildman–Crippen LogP) is 4.91.